The summed E-state index contributed by atoms with van der Waals surface area (Å²) in [4.78, 5) is 16.7. The summed E-state index contributed by atoms with van der Waals surface area (Å²) in [6.45, 7) is 0.661. The Labute approximate surface area is 120 Å². The Kier molecular flexibility index (Phi) is 3.35. The van der Waals surface area contributed by atoms with E-state index in [0.29, 0.717) is 12.1 Å². The Hall–Kier alpha value is -2.40. The smallest absolute Gasteiger partial charge is 0.248 e. The summed E-state index contributed by atoms with van der Waals surface area (Å²) in [6, 6.07) is 11.4. The number of rotatable bonds is 4. The Balaban J connectivity index is 1.91. The Morgan fingerprint density at radius 2 is 2.20 bits per heavy atom. The van der Waals surface area contributed by atoms with Crippen molar-refractivity contribution in [3.8, 4) is 10.7 Å². The first-order valence-corrected chi connectivity index (χ1v) is 7.06. The fraction of sp³-hybridized carbons (Fsp3) is 0.0667. The second-order valence-electron chi connectivity index (χ2n) is 4.42. The number of amides is 1. The van der Waals surface area contributed by atoms with Gasteiger partial charge in [-0.15, -0.1) is 11.3 Å². The maximum absolute atomic E-state index is 11.2. The molecule has 0 aliphatic carbocycles. The third-order valence-electron chi connectivity index (χ3n) is 3.02. The molecule has 0 unspecified atom stereocenters. The van der Waals surface area contributed by atoms with E-state index >= 15 is 0 Å². The number of hydrogen-bond acceptors (Lipinski definition) is 3. The molecule has 0 bridgehead atoms. The molecule has 20 heavy (non-hydrogen) atoms. The van der Waals surface area contributed by atoms with Gasteiger partial charge >= 0.3 is 0 Å². The number of carbonyl (C=O) groups excluding carboxylic acids is 1. The van der Waals surface area contributed by atoms with Crippen LogP contribution in [0.15, 0.2) is 54.2 Å². The van der Waals surface area contributed by atoms with Crippen molar-refractivity contribution in [1.82, 2.24) is 9.55 Å². The van der Waals surface area contributed by atoms with Gasteiger partial charge in [0.1, 0.15) is 5.82 Å². The molecule has 2 N–H and O–H groups in total. The van der Waals surface area contributed by atoms with E-state index < -0.39 is 5.91 Å². The van der Waals surface area contributed by atoms with Crippen molar-refractivity contribution < 1.29 is 4.79 Å². The first-order valence-electron chi connectivity index (χ1n) is 6.18. The minimum atomic E-state index is -0.407. The van der Waals surface area contributed by atoms with Gasteiger partial charge in [0.15, 0.2) is 0 Å². The SMILES string of the molecule is NC(=O)c1cccc(Cn2ccnc2-c2cccs2)c1. The fourth-order valence-corrected chi connectivity index (χ4v) is 2.82. The van der Waals surface area contributed by atoms with E-state index in [-0.39, 0.29) is 0 Å². The van der Waals surface area contributed by atoms with Crippen LogP contribution in [0.3, 0.4) is 0 Å². The number of nitrogens with zero attached hydrogens (tertiary/aromatic N) is 2. The zero-order valence-electron chi connectivity index (χ0n) is 10.7. The summed E-state index contributed by atoms with van der Waals surface area (Å²) in [5, 5.41) is 2.03. The summed E-state index contributed by atoms with van der Waals surface area (Å²) >= 11 is 1.66. The molecule has 0 spiro atoms. The largest absolute Gasteiger partial charge is 0.366 e. The average molecular weight is 283 g/mol. The Bertz CT molecular complexity index is 731. The molecule has 3 aromatic rings. The summed E-state index contributed by atoms with van der Waals surface area (Å²) in [5.74, 6) is 0.528. The highest BCUT2D eigenvalue weighted by molar-refractivity contribution is 7.13. The molecule has 0 aliphatic heterocycles. The standard InChI is InChI=1S/C15H13N3OS/c16-14(19)12-4-1-3-11(9-12)10-18-7-6-17-15(18)13-5-2-8-20-13/h1-9H,10H2,(H2,16,19). The van der Waals surface area contributed by atoms with E-state index in [1.165, 1.54) is 0 Å². The van der Waals surface area contributed by atoms with E-state index in [0.717, 1.165) is 16.3 Å². The number of primary amides is 1. The van der Waals surface area contributed by atoms with Crippen molar-refractivity contribution >= 4 is 17.2 Å². The number of aromatic nitrogens is 2. The topological polar surface area (TPSA) is 60.9 Å². The van der Waals surface area contributed by atoms with Gasteiger partial charge < -0.3 is 10.3 Å². The maximum Gasteiger partial charge on any atom is 0.248 e. The number of benzene rings is 1. The van der Waals surface area contributed by atoms with E-state index in [9.17, 15) is 4.79 Å². The van der Waals surface area contributed by atoms with E-state index in [1.54, 1.807) is 23.6 Å². The van der Waals surface area contributed by atoms with Gasteiger partial charge in [0.25, 0.3) is 0 Å². The van der Waals surface area contributed by atoms with Crippen molar-refractivity contribution in [1.29, 1.82) is 0 Å². The van der Waals surface area contributed by atoms with Crippen LogP contribution >= 0.6 is 11.3 Å². The normalized spacial score (nSPS) is 10.6. The van der Waals surface area contributed by atoms with Crippen LogP contribution in [0.5, 0.6) is 0 Å². The molecular formula is C15H13N3OS. The lowest BCUT2D eigenvalue weighted by Gasteiger charge is -2.07. The van der Waals surface area contributed by atoms with Gasteiger partial charge in [0.05, 0.1) is 4.88 Å². The molecule has 0 saturated carbocycles. The molecule has 0 atom stereocenters. The van der Waals surface area contributed by atoms with Crippen molar-refractivity contribution in [2.45, 2.75) is 6.54 Å². The quantitative estimate of drug-likeness (QED) is 0.800. The monoisotopic (exact) mass is 283 g/mol. The zero-order chi connectivity index (χ0) is 13.9. The second-order valence-corrected chi connectivity index (χ2v) is 5.37. The van der Waals surface area contributed by atoms with E-state index in [4.69, 9.17) is 5.73 Å². The van der Waals surface area contributed by atoms with Gasteiger partial charge in [-0.3, -0.25) is 4.79 Å². The third kappa shape index (κ3) is 2.48. The van der Waals surface area contributed by atoms with Gasteiger partial charge in [-0.1, -0.05) is 18.2 Å². The van der Waals surface area contributed by atoms with Gasteiger partial charge in [0, 0.05) is 24.5 Å². The molecule has 0 fully saturated rings. The minimum absolute atomic E-state index is 0.407. The van der Waals surface area contributed by atoms with Crippen LogP contribution in [0.2, 0.25) is 0 Å². The Morgan fingerprint density at radius 3 is 2.95 bits per heavy atom. The lowest BCUT2D eigenvalue weighted by atomic mass is 10.1. The average Bonchev–Trinajstić information content (AvgIpc) is 3.09. The van der Waals surface area contributed by atoms with Crippen LogP contribution in [-0.2, 0) is 6.54 Å². The van der Waals surface area contributed by atoms with Gasteiger partial charge in [-0.05, 0) is 29.1 Å². The van der Waals surface area contributed by atoms with Gasteiger partial charge in [-0.2, -0.15) is 0 Å². The van der Waals surface area contributed by atoms with E-state index in [2.05, 4.69) is 9.55 Å². The molecule has 0 aliphatic rings. The molecule has 3 rings (SSSR count). The van der Waals surface area contributed by atoms with Crippen LogP contribution in [-0.4, -0.2) is 15.5 Å². The van der Waals surface area contributed by atoms with Crippen molar-refractivity contribution in [2.24, 2.45) is 5.73 Å². The molecule has 1 amide bonds. The molecule has 0 radical (unpaired) electrons. The highest BCUT2D eigenvalue weighted by Crippen LogP contribution is 2.23. The van der Waals surface area contributed by atoms with Gasteiger partial charge in [0.2, 0.25) is 5.91 Å². The molecule has 4 nitrogen and oxygen atoms in total. The third-order valence-corrected chi connectivity index (χ3v) is 3.89. The number of carbonyl (C=O) groups is 1. The lowest BCUT2D eigenvalue weighted by Crippen LogP contribution is -2.11. The van der Waals surface area contributed by atoms with Crippen LogP contribution in [0.1, 0.15) is 15.9 Å². The van der Waals surface area contributed by atoms with Crippen LogP contribution < -0.4 is 5.73 Å². The number of imidazole rings is 1. The summed E-state index contributed by atoms with van der Waals surface area (Å²) in [5.41, 5.74) is 6.86. The minimum Gasteiger partial charge on any atom is -0.366 e. The highest BCUT2D eigenvalue weighted by atomic mass is 32.1. The van der Waals surface area contributed by atoms with Crippen LogP contribution in [0.25, 0.3) is 10.7 Å². The molecule has 2 aromatic heterocycles. The van der Waals surface area contributed by atoms with E-state index in [1.807, 2.05) is 41.9 Å². The molecule has 100 valence electrons. The zero-order valence-corrected chi connectivity index (χ0v) is 11.5. The summed E-state index contributed by atoms with van der Waals surface area (Å²) in [6.07, 6.45) is 3.72. The van der Waals surface area contributed by atoms with Crippen molar-refractivity contribution in [2.75, 3.05) is 0 Å². The van der Waals surface area contributed by atoms with Crippen molar-refractivity contribution in [3.63, 3.8) is 0 Å². The van der Waals surface area contributed by atoms with Crippen molar-refractivity contribution in [3.05, 3.63) is 65.3 Å². The number of hydrogen-bond donors (Lipinski definition) is 1. The first kappa shape index (κ1) is 12.6. The molecule has 0 saturated heterocycles. The summed E-state index contributed by atoms with van der Waals surface area (Å²) in [7, 11) is 0. The summed E-state index contributed by atoms with van der Waals surface area (Å²) < 4.78 is 2.06. The maximum atomic E-state index is 11.2. The molecule has 1 aromatic carbocycles. The van der Waals surface area contributed by atoms with Crippen LogP contribution in [0.4, 0.5) is 0 Å². The Morgan fingerprint density at radius 1 is 1.30 bits per heavy atom. The number of thiophene rings is 1. The van der Waals surface area contributed by atoms with Gasteiger partial charge in [-0.25, -0.2) is 4.98 Å². The highest BCUT2D eigenvalue weighted by Gasteiger charge is 2.08. The second kappa shape index (κ2) is 5.30. The molecular weight excluding hydrogens is 270 g/mol. The predicted molar refractivity (Wildman–Crippen MR) is 79.6 cm³/mol. The number of nitrogens with two attached hydrogens (primary N) is 1. The predicted octanol–water partition coefficient (Wildman–Crippen LogP) is 2.76. The molecule has 2 heterocycles. The molecule has 5 heteroatoms. The first-order chi connectivity index (χ1) is 9.74. The fourth-order valence-electron chi connectivity index (χ4n) is 2.09. The van der Waals surface area contributed by atoms with Crippen LogP contribution in [0, 0.1) is 0 Å². The lowest BCUT2D eigenvalue weighted by molar-refractivity contribution is 0.1000.